The predicted molar refractivity (Wildman–Crippen MR) is 72.4 cm³/mol. The van der Waals surface area contributed by atoms with E-state index in [0.717, 1.165) is 18.4 Å². The maximum atomic E-state index is 11.9. The van der Waals surface area contributed by atoms with Crippen LogP contribution in [0.5, 0.6) is 11.5 Å². The minimum absolute atomic E-state index is 0.00447. The number of amides is 1. The lowest BCUT2D eigenvalue weighted by Gasteiger charge is -2.15. The molecule has 0 heterocycles. The molecule has 0 bridgehead atoms. The molecule has 19 heavy (non-hydrogen) atoms. The lowest BCUT2D eigenvalue weighted by molar-refractivity contribution is -0.121. The van der Waals surface area contributed by atoms with E-state index in [-0.39, 0.29) is 11.4 Å². The maximum Gasteiger partial charge on any atom is 0.224 e. The minimum atomic E-state index is -0.145. The Morgan fingerprint density at radius 1 is 1.32 bits per heavy atom. The summed E-state index contributed by atoms with van der Waals surface area (Å²) in [5.74, 6) is 1.29. The van der Waals surface area contributed by atoms with Crippen molar-refractivity contribution < 1.29 is 14.3 Å². The van der Waals surface area contributed by atoms with Crippen molar-refractivity contribution in [1.29, 1.82) is 0 Å². The number of methoxy groups -OCH3 is 2. The first-order valence-electron chi connectivity index (χ1n) is 6.34. The van der Waals surface area contributed by atoms with Crippen LogP contribution in [-0.4, -0.2) is 32.2 Å². The van der Waals surface area contributed by atoms with E-state index in [1.807, 2.05) is 12.1 Å². The molecule has 1 aromatic carbocycles. The van der Waals surface area contributed by atoms with Crippen LogP contribution in [0.3, 0.4) is 0 Å². The third-order valence-electron chi connectivity index (χ3n) is 3.46. The predicted octanol–water partition coefficient (Wildman–Crippen LogP) is 0.854. The van der Waals surface area contributed by atoms with Crippen LogP contribution >= 0.6 is 0 Å². The molecule has 0 unspecified atom stereocenters. The molecular formula is C14H20N2O3. The molecule has 0 radical (unpaired) electrons. The second-order valence-corrected chi connectivity index (χ2v) is 4.90. The Morgan fingerprint density at radius 2 is 2.00 bits per heavy atom. The second-order valence-electron chi connectivity index (χ2n) is 4.90. The lowest BCUT2D eigenvalue weighted by atomic mass is 10.1. The molecule has 1 saturated carbocycles. The Balaban J connectivity index is 2.00. The number of rotatable bonds is 6. The highest BCUT2D eigenvalue weighted by Gasteiger charge is 2.42. The van der Waals surface area contributed by atoms with E-state index >= 15 is 0 Å². The monoisotopic (exact) mass is 264 g/mol. The van der Waals surface area contributed by atoms with Crippen LogP contribution < -0.4 is 20.5 Å². The van der Waals surface area contributed by atoms with E-state index < -0.39 is 0 Å². The van der Waals surface area contributed by atoms with Gasteiger partial charge in [0.1, 0.15) is 0 Å². The number of benzene rings is 1. The summed E-state index contributed by atoms with van der Waals surface area (Å²) < 4.78 is 10.4. The van der Waals surface area contributed by atoms with Crippen molar-refractivity contribution in [2.45, 2.75) is 24.8 Å². The fourth-order valence-electron chi connectivity index (χ4n) is 2.05. The van der Waals surface area contributed by atoms with Gasteiger partial charge in [-0.05, 0) is 30.5 Å². The number of ether oxygens (including phenoxy) is 2. The van der Waals surface area contributed by atoms with Crippen LogP contribution in [0.2, 0.25) is 0 Å². The van der Waals surface area contributed by atoms with Gasteiger partial charge in [0.25, 0.3) is 0 Å². The van der Waals surface area contributed by atoms with E-state index in [2.05, 4.69) is 5.32 Å². The molecule has 104 valence electrons. The molecule has 0 atom stereocenters. The Bertz CT molecular complexity index is 470. The van der Waals surface area contributed by atoms with Crippen LogP contribution in [-0.2, 0) is 11.2 Å². The van der Waals surface area contributed by atoms with Gasteiger partial charge in [-0.25, -0.2) is 0 Å². The smallest absolute Gasteiger partial charge is 0.224 e. The molecule has 1 aliphatic carbocycles. The van der Waals surface area contributed by atoms with Crippen molar-refractivity contribution in [1.82, 2.24) is 5.32 Å². The molecule has 0 saturated heterocycles. The maximum absolute atomic E-state index is 11.9. The van der Waals surface area contributed by atoms with E-state index in [1.54, 1.807) is 20.3 Å². The number of carbonyl (C=O) groups is 1. The standard InChI is InChI=1S/C14H20N2O3/c1-18-11-4-3-10(7-12(11)19-2)8-13(17)16-14(9-15)5-6-14/h3-4,7H,5-6,8-9,15H2,1-2H3,(H,16,17). The molecule has 1 aliphatic rings. The van der Waals surface area contributed by atoms with Gasteiger partial charge in [0.05, 0.1) is 26.2 Å². The summed E-state index contributed by atoms with van der Waals surface area (Å²) in [4.78, 5) is 11.9. The zero-order valence-electron chi connectivity index (χ0n) is 11.4. The van der Waals surface area contributed by atoms with Crippen molar-refractivity contribution in [2.24, 2.45) is 5.73 Å². The fourth-order valence-corrected chi connectivity index (χ4v) is 2.05. The number of nitrogens with two attached hydrogens (primary N) is 1. The number of hydrogen-bond donors (Lipinski definition) is 2. The average Bonchev–Trinajstić information content (AvgIpc) is 3.18. The van der Waals surface area contributed by atoms with Gasteiger partial charge in [-0.15, -0.1) is 0 Å². The number of carbonyl (C=O) groups excluding carboxylic acids is 1. The average molecular weight is 264 g/mol. The first-order chi connectivity index (χ1) is 9.12. The third kappa shape index (κ3) is 3.17. The van der Waals surface area contributed by atoms with Crippen molar-refractivity contribution in [3.05, 3.63) is 23.8 Å². The van der Waals surface area contributed by atoms with Crippen molar-refractivity contribution in [3.8, 4) is 11.5 Å². The van der Waals surface area contributed by atoms with Gasteiger partial charge in [0.2, 0.25) is 5.91 Å². The van der Waals surface area contributed by atoms with Gasteiger partial charge in [-0.3, -0.25) is 4.79 Å². The van der Waals surface area contributed by atoms with Gasteiger partial charge in [0, 0.05) is 6.54 Å². The molecule has 5 heteroatoms. The van der Waals surface area contributed by atoms with E-state index in [0.29, 0.717) is 24.5 Å². The normalized spacial score (nSPS) is 15.7. The second kappa shape index (κ2) is 5.48. The molecule has 5 nitrogen and oxygen atoms in total. The highest BCUT2D eigenvalue weighted by molar-refractivity contribution is 5.80. The number of nitrogens with one attached hydrogen (secondary N) is 1. The molecule has 1 amide bonds. The first kappa shape index (κ1) is 13.7. The fraction of sp³-hybridized carbons (Fsp3) is 0.500. The Hall–Kier alpha value is -1.75. The van der Waals surface area contributed by atoms with E-state index in [4.69, 9.17) is 15.2 Å². The quantitative estimate of drug-likeness (QED) is 0.799. The molecule has 3 N–H and O–H groups in total. The zero-order valence-corrected chi connectivity index (χ0v) is 11.4. The summed E-state index contributed by atoms with van der Waals surface area (Å²) in [6.07, 6.45) is 2.27. The van der Waals surface area contributed by atoms with Gasteiger partial charge in [-0.2, -0.15) is 0 Å². The summed E-state index contributed by atoms with van der Waals surface area (Å²) in [7, 11) is 3.16. The SMILES string of the molecule is COc1ccc(CC(=O)NC2(CN)CC2)cc1OC. The number of hydrogen-bond acceptors (Lipinski definition) is 4. The van der Waals surface area contributed by atoms with Crippen molar-refractivity contribution in [3.63, 3.8) is 0 Å². The van der Waals surface area contributed by atoms with E-state index in [1.165, 1.54) is 0 Å². The van der Waals surface area contributed by atoms with Crippen LogP contribution in [0.4, 0.5) is 0 Å². The Kier molecular flexibility index (Phi) is 3.95. The van der Waals surface area contributed by atoms with Crippen LogP contribution in [0.25, 0.3) is 0 Å². The largest absolute Gasteiger partial charge is 0.493 e. The summed E-state index contributed by atoms with van der Waals surface area (Å²) >= 11 is 0. The molecule has 2 rings (SSSR count). The van der Waals surface area contributed by atoms with Gasteiger partial charge in [0.15, 0.2) is 11.5 Å². The molecule has 1 aromatic rings. The highest BCUT2D eigenvalue weighted by Crippen LogP contribution is 2.34. The third-order valence-corrected chi connectivity index (χ3v) is 3.46. The Morgan fingerprint density at radius 3 is 2.53 bits per heavy atom. The molecule has 0 aromatic heterocycles. The molecule has 1 fully saturated rings. The first-order valence-corrected chi connectivity index (χ1v) is 6.34. The summed E-state index contributed by atoms with van der Waals surface area (Å²) in [5.41, 5.74) is 6.39. The van der Waals surface area contributed by atoms with Gasteiger partial charge < -0.3 is 20.5 Å². The minimum Gasteiger partial charge on any atom is -0.493 e. The summed E-state index contributed by atoms with van der Waals surface area (Å²) in [5, 5.41) is 3.00. The Labute approximate surface area is 113 Å². The van der Waals surface area contributed by atoms with Crippen LogP contribution in [0, 0.1) is 0 Å². The molecule has 0 spiro atoms. The zero-order chi connectivity index (χ0) is 13.9. The van der Waals surface area contributed by atoms with Crippen LogP contribution in [0.1, 0.15) is 18.4 Å². The van der Waals surface area contributed by atoms with Gasteiger partial charge >= 0.3 is 0 Å². The van der Waals surface area contributed by atoms with Crippen molar-refractivity contribution >= 4 is 5.91 Å². The van der Waals surface area contributed by atoms with Crippen LogP contribution in [0.15, 0.2) is 18.2 Å². The molecule has 0 aliphatic heterocycles. The molecular weight excluding hydrogens is 244 g/mol. The summed E-state index contributed by atoms with van der Waals surface area (Å²) in [6, 6.07) is 5.49. The lowest BCUT2D eigenvalue weighted by Crippen LogP contribution is -2.43. The highest BCUT2D eigenvalue weighted by atomic mass is 16.5. The summed E-state index contributed by atoms with van der Waals surface area (Å²) in [6.45, 7) is 0.505. The van der Waals surface area contributed by atoms with Gasteiger partial charge in [-0.1, -0.05) is 6.07 Å². The topological polar surface area (TPSA) is 73.6 Å². The van der Waals surface area contributed by atoms with E-state index in [9.17, 15) is 4.79 Å². The van der Waals surface area contributed by atoms with Crippen molar-refractivity contribution in [2.75, 3.05) is 20.8 Å².